The van der Waals surface area contributed by atoms with Gasteiger partial charge < -0.3 is 9.80 Å². The number of carbonyl (C=O) groups is 1. The third-order valence-electron chi connectivity index (χ3n) is 4.68. The number of amides is 1. The van der Waals surface area contributed by atoms with Crippen LogP contribution >= 0.6 is 0 Å². The Morgan fingerprint density at radius 2 is 2.09 bits per heavy atom. The molecule has 1 amide bonds. The zero-order chi connectivity index (χ0) is 15.6. The van der Waals surface area contributed by atoms with Gasteiger partial charge in [-0.05, 0) is 18.8 Å². The van der Waals surface area contributed by atoms with Crippen LogP contribution < -0.4 is 4.90 Å². The monoisotopic (exact) mass is 312 g/mol. The first-order valence-corrected chi connectivity index (χ1v) is 8.14. The summed E-state index contributed by atoms with van der Waals surface area (Å²) in [6, 6.07) is 0. The normalized spacial score (nSPS) is 21.3. The summed E-state index contributed by atoms with van der Waals surface area (Å²) in [6.45, 7) is 3.10. The molecule has 2 aromatic heterocycles. The predicted molar refractivity (Wildman–Crippen MR) is 86.1 cm³/mol. The lowest BCUT2D eigenvalue weighted by Crippen LogP contribution is -2.49. The van der Waals surface area contributed by atoms with E-state index < -0.39 is 0 Å². The van der Waals surface area contributed by atoms with Crippen LogP contribution in [0.3, 0.4) is 0 Å². The SMILES string of the molecule is O=C(C[C@@H]1C=CCC1)N1CCN(c2cncc3ncnn23)CC1. The highest BCUT2D eigenvalue weighted by Gasteiger charge is 2.24. The molecule has 2 aromatic rings. The van der Waals surface area contributed by atoms with Gasteiger partial charge in [-0.3, -0.25) is 9.78 Å². The molecule has 0 spiro atoms. The van der Waals surface area contributed by atoms with E-state index in [-0.39, 0.29) is 5.91 Å². The van der Waals surface area contributed by atoms with Crippen molar-refractivity contribution in [2.45, 2.75) is 19.3 Å². The van der Waals surface area contributed by atoms with Gasteiger partial charge in [0.05, 0.1) is 12.4 Å². The zero-order valence-corrected chi connectivity index (χ0v) is 13.0. The summed E-state index contributed by atoms with van der Waals surface area (Å²) in [7, 11) is 0. The zero-order valence-electron chi connectivity index (χ0n) is 13.0. The van der Waals surface area contributed by atoms with Crippen LogP contribution in [0, 0.1) is 5.92 Å². The first-order chi connectivity index (χ1) is 11.3. The van der Waals surface area contributed by atoms with Crippen LogP contribution in [0.1, 0.15) is 19.3 Å². The Kier molecular flexibility index (Phi) is 3.69. The van der Waals surface area contributed by atoms with E-state index in [9.17, 15) is 4.79 Å². The Balaban J connectivity index is 1.40. The molecule has 1 atom stereocenters. The Morgan fingerprint density at radius 1 is 1.22 bits per heavy atom. The molecule has 23 heavy (non-hydrogen) atoms. The van der Waals surface area contributed by atoms with Crippen molar-refractivity contribution in [3.8, 4) is 0 Å². The number of hydrogen-bond acceptors (Lipinski definition) is 5. The third kappa shape index (κ3) is 2.78. The minimum absolute atomic E-state index is 0.276. The van der Waals surface area contributed by atoms with Crippen LogP contribution in [0.2, 0.25) is 0 Å². The second kappa shape index (κ2) is 5.98. The van der Waals surface area contributed by atoms with Crippen LogP contribution in [0.15, 0.2) is 30.9 Å². The second-order valence-corrected chi connectivity index (χ2v) is 6.13. The molecule has 1 fully saturated rings. The molecule has 3 heterocycles. The highest BCUT2D eigenvalue weighted by molar-refractivity contribution is 5.77. The molecule has 0 bridgehead atoms. The van der Waals surface area contributed by atoms with Crippen molar-refractivity contribution in [1.29, 1.82) is 0 Å². The van der Waals surface area contributed by atoms with E-state index in [0.29, 0.717) is 12.3 Å². The number of hydrogen-bond donors (Lipinski definition) is 0. The molecule has 1 saturated heterocycles. The fourth-order valence-electron chi connectivity index (χ4n) is 3.36. The van der Waals surface area contributed by atoms with Crippen molar-refractivity contribution in [2.24, 2.45) is 5.92 Å². The van der Waals surface area contributed by atoms with Crippen LogP contribution in [0.4, 0.5) is 5.82 Å². The quantitative estimate of drug-likeness (QED) is 0.795. The molecule has 4 rings (SSSR count). The van der Waals surface area contributed by atoms with Gasteiger partial charge in [-0.2, -0.15) is 9.61 Å². The van der Waals surface area contributed by atoms with Gasteiger partial charge in [0.15, 0.2) is 11.5 Å². The number of fused-ring (bicyclic) bond motifs is 1. The summed E-state index contributed by atoms with van der Waals surface area (Å²) in [5.74, 6) is 1.65. The summed E-state index contributed by atoms with van der Waals surface area (Å²) in [5, 5.41) is 4.25. The van der Waals surface area contributed by atoms with Crippen molar-refractivity contribution in [1.82, 2.24) is 24.5 Å². The van der Waals surface area contributed by atoms with E-state index in [1.165, 1.54) is 6.33 Å². The molecule has 0 aromatic carbocycles. The fourth-order valence-corrected chi connectivity index (χ4v) is 3.36. The standard InChI is InChI=1S/C16H20N6O/c23-16(9-13-3-1-2-4-13)21-7-5-20(6-8-21)15-11-17-10-14-18-12-19-22(14)15/h1,3,10-13H,2,4-9H2/t13-/m1/s1. The Morgan fingerprint density at radius 3 is 2.87 bits per heavy atom. The van der Waals surface area contributed by atoms with E-state index >= 15 is 0 Å². The van der Waals surface area contributed by atoms with Gasteiger partial charge in [0, 0.05) is 32.6 Å². The topological polar surface area (TPSA) is 66.6 Å². The van der Waals surface area contributed by atoms with Crippen molar-refractivity contribution >= 4 is 17.4 Å². The molecular formula is C16H20N6O. The van der Waals surface area contributed by atoms with Gasteiger partial charge in [-0.15, -0.1) is 0 Å². The number of anilines is 1. The van der Waals surface area contributed by atoms with E-state index in [1.807, 2.05) is 11.1 Å². The number of carbonyl (C=O) groups excluding carboxylic acids is 1. The Bertz CT molecular complexity index is 731. The minimum atomic E-state index is 0.276. The smallest absolute Gasteiger partial charge is 0.223 e. The molecule has 2 aliphatic rings. The molecule has 7 heteroatoms. The van der Waals surface area contributed by atoms with Gasteiger partial charge in [0.2, 0.25) is 5.91 Å². The lowest BCUT2D eigenvalue weighted by molar-refractivity contribution is -0.132. The molecule has 1 aliphatic heterocycles. The van der Waals surface area contributed by atoms with Crippen LogP contribution in [0.25, 0.3) is 5.65 Å². The number of allylic oxidation sites excluding steroid dienone is 2. The summed E-state index contributed by atoms with van der Waals surface area (Å²) < 4.78 is 1.80. The number of piperazine rings is 1. The maximum absolute atomic E-state index is 12.4. The van der Waals surface area contributed by atoms with E-state index in [0.717, 1.165) is 50.5 Å². The molecule has 1 aliphatic carbocycles. The van der Waals surface area contributed by atoms with Crippen LogP contribution in [-0.4, -0.2) is 56.6 Å². The third-order valence-corrected chi connectivity index (χ3v) is 4.68. The largest absolute Gasteiger partial charge is 0.352 e. The molecule has 0 N–H and O–H groups in total. The van der Waals surface area contributed by atoms with Crippen molar-refractivity contribution in [3.63, 3.8) is 0 Å². The highest BCUT2D eigenvalue weighted by atomic mass is 16.2. The average Bonchev–Trinajstić information content (AvgIpc) is 3.25. The van der Waals surface area contributed by atoms with Crippen molar-refractivity contribution in [2.75, 3.05) is 31.1 Å². The first kappa shape index (κ1) is 14.2. The van der Waals surface area contributed by atoms with Gasteiger partial charge in [-0.1, -0.05) is 12.2 Å². The lowest BCUT2D eigenvalue weighted by Gasteiger charge is -2.36. The first-order valence-electron chi connectivity index (χ1n) is 8.14. The Hall–Kier alpha value is -2.44. The van der Waals surface area contributed by atoms with Gasteiger partial charge in [0.1, 0.15) is 6.33 Å². The summed E-state index contributed by atoms with van der Waals surface area (Å²) >= 11 is 0. The lowest BCUT2D eigenvalue weighted by atomic mass is 10.0. The average molecular weight is 312 g/mol. The second-order valence-electron chi connectivity index (χ2n) is 6.13. The summed E-state index contributed by atoms with van der Waals surface area (Å²) in [4.78, 5) is 25.0. The molecule has 120 valence electrons. The van der Waals surface area contributed by atoms with Crippen molar-refractivity contribution < 1.29 is 4.79 Å². The molecule has 0 radical (unpaired) electrons. The summed E-state index contributed by atoms with van der Waals surface area (Å²) in [5.41, 5.74) is 0.744. The van der Waals surface area contributed by atoms with Gasteiger partial charge >= 0.3 is 0 Å². The maximum atomic E-state index is 12.4. The number of rotatable bonds is 3. The van der Waals surface area contributed by atoms with Crippen molar-refractivity contribution in [3.05, 3.63) is 30.9 Å². The van der Waals surface area contributed by atoms with Gasteiger partial charge in [0.25, 0.3) is 0 Å². The molecule has 0 unspecified atom stereocenters. The van der Waals surface area contributed by atoms with Crippen LogP contribution in [0.5, 0.6) is 0 Å². The van der Waals surface area contributed by atoms with Crippen LogP contribution in [-0.2, 0) is 4.79 Å². The number of aromatic nitrogens is 4. The van der Waals surface area contributed by atoms with E-state index in [4.69, 9.17) is 0 Å². The molecular weight excluding hydrogens is 292 g/mol. The van der Waals surface area contributed by atoms with Gasteiger partial charge in [-0.25, -0.2) is 4.98 Å². The summed E-state index contributed by atoms with van der Waals surface area (Å²) in [6.07, 6.45) is 12.3. The molecule has 0 saturated carbocycles. The number of nitrogens with zero attached hydrogens (tertiary/aromatic N) is 6. The van der Waals surface area contributed by atoms with E-state index in [1.54, 1.807) is 10.7 Å². The fraction of sp³-hybridized carbons (Fsp3) is 0.500. The molecule has 7 nitrogen and oxygen atoms in total. The maximum Gasteiger partial charge on any atom is 0.223 e. The Labute approximate surface area is 134 Å². The highest BCUT2D eigenvalue weighted by Crippen LogP contribution is 2.22. The predicted octanol–water partition coefficient (Wildman–Crippen LogP) is 1.13. The van der Waals surface area contributed by atoms with E-state index in [2.05, 4.69) is 32.1 Å². The minimum Gasteiger partial charge on any atom is -0.352 e.